The average molecular weight is 220 g/mol. The van der Waals surface area contributed by atoms with Crippen LogP contribution in [-0.2, 0) is 6.42 Å². The molecule has 2 nitrogen and oxygen atoms in total. The molecule has 1 fully saturated rings. The summed E-state index contributed by atoms with van der Waals surface area (Å²) in [7, 11) is 0. The van der Waals surface area contributed by atoms with Crippen molar-refractivity contribution in [1.82, 2.24) is 0 Å². The molecule has 0 aromatic carbocycles. The summed E-state index contributed by atoms with van der Waals surface area (Å²) < 4.78 is 5.55. The van der Waals surface area contributed by atoms with Crippen LogP contribution in [0.4, 0.5) is 0 Å². The van der Waals surface area contributed by atoms with Crippen molar-refractivity contribution >= 4 is 5.78 Å². The van der Waals surface area contributed by atoms with Crippen LogP contribution in [0.2, 0.25) is 0 Å². The Kier molecular flexibility index (Phi) is 2.92. The fourth-order valence-electron chi connectivity index (χ4n) is 2.68. The van der Waals surface area contributed by atoms with Crippen molar-refractivity contribution < 1.29 is 9.21 Å². The Balaban J connectivity index is 2.19. The van der Waals surface area contributed by atoms with Gasteiger partial charge in [-0.1, -0.05) is 27.2 Å². The predicted octanol–water partition coefficient (Wildman–Crippen LogP) is 3.85. The molecule has 16 heavy (non-hydrogen) atoms. The lowest BCUT2D eigenvalue weighted by Crippen LogP contribution is -2.25. The van der Waals surface area contributed by atoms with Gasteiger partial charge in [0, 0.05) is 12.3 Å². The molecule has 0 spiro atoms. The van der Waals surface area contributed by atoms with E-state index in [0.29, 0.717) is 5.76 Å². The Morgan fingerprint density at radius 3 is 2.75 bits per heavy atom. The molecule has 2 heteroatoms. The molecule has 2 rings (SSSR count). The third-order valence-corrected chi connectivity index (χ3v) is 3.83. The molecule has 1 aliphatic rings. The zero-order valence-corrected chi connectivity index (χ0v) is 10.4. The van der Waals surface area contributed by atoms with E-state index >= 15 is 0 Å². The standard InChI is InChI=1S/C14H20O2/c1-4-10-7-8-12(16-10)13(15)11-6-5-9-14(11,2)3/h7-8,11H,4-6,9H2,1-3H3. The topological polar surface area (TPSA) is 30.2 Å². The highest BCUT2D eigenvalue weighted by Crippen LogP contribution is 2.44. The van der Waals surface area contributed by atoms with Gasteiger partial charge in [0.05, 0.1) is 0 Å². The van der Waals surface area contributed by atoms with Crippen molar-refractivity contribution in [2.75, 3.05) is 0 Å². The van der Waals surface area contributed by atoms with E-state index in [1.807, 2.05) is 19.1 Å². The van der Waals surface area contributed by atoms with Gasteiger partial charge in [0.1, 0.15) is 5.76 Å². The lowest BCUT2D eigenvalue weighted by Gasteiger charge is -2.24. The summed E-state index contributed by atoms with van der Waals surface area (Å²) in [6, 6.07) is 3.74. The molecule has 0 aliphatic heterocycles. The van der Waals surface area contributed by atoms with Crippen LogP contribution < -0.4 is 0 Å². The van der Waals surface area contributed by atoms with Crippen LogP contribution in [0, 0.1) is 11.3 Å². The summed E-state index contributed by atoms with van der Waals surface area (Å²) in [6.07, 6.45) is 4.16. The van der Waals surface area contributed by atoms with Gasteiger partial charge in [0.2, 0.25) is 5.78 Å². The van der Waals surface area contributed by atoms with E-state index in [9.17, 15) is 4.79 Å². The van der Waals surface area contributed by atoms with E-state index in [4.69, 9.17) is 4.42 Å². The van der Waals surface area contributed by atoms with Crippen molar-refractivity contribution in [1.29, 1.82) is 0 Å². The molecule has 1 aromatic heterocycles. The van der Waals surface area contributed by atoms with Crippen LogP contribution in [0.25, 0.3) is 0 Å². The minimum Gasteiger partial charge on any atom is -0.458 e. The normalized spacial score (nSPS) is 23.6. The second-order valence-electron chi connectivity index (χ2n) is 5.42. The van der Waals surface area contributed by atoms with Crippen molar-refractivity contribution in [3.8, 4) is 0 Å². The van der Waals surface area contributed by atoms with Crippen molar-refractivity contribution in [2.45, 2.75) is 46.5 Å². The first-order chi connectivity index (χ1) is 7.54. The largest absolute Gasteiger partial charge is 0.458 e. The summed E-state index contributed by atoms with van der Waals surface area (Å²) in [5.41, 5.74) is 0.135. The van der Waals surface area contributed by atoms with E-state index < -0.39 is 0 Å². The number of carbonyl (C=O) groups is 1. The summed E-state index contributed by atoms with van der Waals surface area (Å²) in [5, 5.41) is 0. The fourth-order valence-corrected chi connectivity index (χ4v) is 2.68. The highest BCUT2D eigenvalue weighted by Gasteiger charge is 2.40. The first-order valence-electron chi connectivity index (χ1n) is 6.17. The quantitative estimate of drug-likeness (QED) is 0.724. The van der Waals surface area contributed by atoms with Crippen LogP contribution >= 0.6 is 0 Å². The van der Waals surface area contributed by atoms with Crippen LogP contribution in [0.1, 0.15) is 56.3 Å². The van der Waals surface area contributed by atoms with E-state index in [0.717, 1.165) is 31.4 Å². The van der Waals surface area contributed by atoms with Gasteiger partial charge in [-0.15, -0.1) is 0 Å². The van der Waals surface area contributed by atoms with Gasteiger partial charge in [0.25, 0.3) is 0 Å². The fraction of sp³-hybridized carbons (Fsp3) is 0.643. The molecule has 1 heterocycles. The Hall–Kier alpha value is -1.05. The Labute approximate surface area is 97.0 Å². The molecule has 0 bridgehead atoms. The van der Waals surface area contributed by atoms with Gasteiger partial charge in [0.15, 0.2) is 5.76 Å². The monoisotopic (exact) mass is 220 g/mol. The molecular weight excluding hydrogens is 200 g/mol. The maximum absolute atomic E-state index is 12.3. The van der Waals surface area contributed by atoms with Gasteiger partial charge in [-0.25, -0.2) is 0 Å². The van der Waals surface area contributed by atoms with Crippen molar-refractivity contribution in [2.24, 2.45) is 11.3 Å². The van der Waals surface area contributed by atoms with Crippen molar-refractivity contribution in [3.63, 3.8) is 0 Å². The number of Topliss-reactive ketones (excluding diaryl/α,β-unsaturated/α-hetero) is 1. The Bertz CT molecular complexity index is 387. The maximum atomic E-state index is 12.3. The molecule has 1 aliphatic carbocycles. The number of aryl methyl sites for hydroxylation is 1. The first-order valence-corrected chi connectivity index (χ1v) is 6.17. The molecular formula is C14H20O2. The minimum atomic E-state index is 0.135. The van der Waals surface area contributed by atoms with Crippen LogP contribution in [0.15, 0.2) is 16.5 Å². The third kappa shape index (κ3) is 1.93. The minimum absolute atomic E-state index is 0.135. The molecule has 1 atom stereocenters. The number of rotatable bonds is 3. The SMILES string of the molecule is CCc1ccc(C(=O)C2CCCC2(C)C)o1. The van der Waals surface area contributed by atoms with Crippen molar-refractivity contribution in [3.05, 3.63) is 23.7 Å². The highest BCUT2D eigenvalue weighted by molar-refractivity contribution is 5.96. The summed E-state index contributed by atoms with van der Waals surface area (Å²) in [5.74, 6) is 1.79. The van der Waals surface area contributed by atoms with Gasteiger partial charge < -0.3 is 4.42 Å². The summed E-state index contributed by atoms with van der Waals surface area (Å²) >= 11 is 0. The molecule has 88 valence electrons. The second kappa shape index (κ2) is 4.08. The van der Waals surface area contributed by atoms with E-state index in [2.05, 4.69) is 13.8 Å². The second-order valence-corrected chi connectivity index (χ2v) is 5.42. The molecule has 0 radical (unpaired) electrons. The van der Waals surface area contributed by atoms with E-state index in [1.54, 1.807) is 0 Å². The van der Waals surface area contributed by atoms with Gasteiger partial charge in [-0.2, -0.15) is 0 Å². The smallest absolute Gasteiger partial charge is 0.201 e. The number of carbonyl (C=O) groups excluding carboxylic acids is 1. The number of furan rings is 1. The molecule has 0 amide bonds. The lowest BCUT2D eigenvalue weighted by molar-refractivity contribution is 0.0808. The van der Waals surface area contributed by atoms with Gasteiger partial charge >= 0.3 is 0 Å². The van der Waals surface area contributed by atoms with Crippen LogP contribution in [0.5, 0.6) is 0 Å². The predicted molar refractivity (Wildman–Crippen MR) is 63.5 cm³/mol. The Morgan fingerprint density at radius 2 is 2.25 bits per heavy atom. The zero-order valence-electron chi connectivity index (χ0n) is 10.4. The molecule has 0 saturated heterocycles. The van der Waals surface area contributed by atoms with Gasteiger partial charge in [-0.05, 0) is 30.4 Å². The number of hydrogen-bond acceptors (Lipinski definition) is 2. The molecule has 1 saturated carbocycles. The number of ketones is 1. The summed E-state index contributed by atoms with van der Waals surface area (Å²) in [6.45, 7) is 6.41. The molecule has 0 N–H and O–H groups in total. The van der Waals surface area contributed by atoms with E-state index in [1.165, 1.54) is 0 Å². The third-order valence-electron chi connectivity index (χ3n) is 3.83. The van der Waals surface area contributed by atoms with Crippen LogP contribution in [0.3, 0.4) is 0 Å². The lowest BCUT2D eigenvalue weighted by atomic mass is 9.79. The van der Waals surface area contributed by atoms with E-state index in [-0.39, 0.29) is 17.1 Å². The molecule has 1 aromatic rings. The maximum Gasteiger partial charge on any atom is 0.201 e. The first kappa shape index (κ1) is 11.4. The summed E-state index contributed by atoms with van der Waals surface area (Å²) in [4.78, 5) is 12.3. The van der Waals surface area contributed by atoms with Crippen LogP contribution in [-0.4, -0.2) is 5.78 Å². The van der Waals surface area contributed by atoms with Gasteiger partial charge in [-0.3, -0.25) is 4.79 Å². The zero-order chi connectivity index (χ0) is 11.8. The highest BCUT2D eigenvalue weighted by atomic mass is 16.3. The molecule has 1 unspecified atom stereocenters. The average Bonchev–Trinajstić information content (AvgIpc) is 2.82. The number of hydrogen-bond donors (Lipinski definition) is 0. The Morgan fingerprint density at radius 1 is 1.50 bits per heavy atom.